The normalized spacial score (nSPS) is 32.6. The zero-order chi connectivity index (χ0) is 7.40. The molecule has 0 aromatic heterocycles. The maximum Gasteiger partial charge on any atom is 0.0670 e. The monoisotopic (exact) mass is 203 g/mol. The second-order valence-corrected chi connectivity index (χ2v) is 3.80. The molecule has 0 fully saturated rings. The van der Waals surface area contributed by atoms with Crippen molar-refractivity contribution in [3.63, 3.8) is 0 Å². The molecule has 0 aromatic carbocycles. The number of halogens is 1. The Morgan fingerprint density at radius 2 is 2.50 bits per heavy atom. The van der Waals surface area contributed by atoms with Crippen molar-refractivity contribution in [1.29, 1.82) is 0 Å². The molecule has 0 radical (unpaired) electrons. The molecule has 10 heavy (non-hydrogen) atoms. The third-order valence-electron chi connectivity index (χ3n) is 1.71. The van der Waals surface area contributed by atoms with E-state index in [2.05, 4.69) is 40.3 Å². The van der Waals surface area contributed by atoms with E-state index >= 15 is 0 Å². The number of alkyl halides is 1. The SMILES string of the molecule is CCCC1C=CCC(Br)N1. The molecule has 2 unspecified atom stereocenters. The predicted octanol–water partition coefficient (Wildman–Crippen LogP) is 2.43. The molecule has 2 atom stereocenters. The van der Waals surface area contributed by atoms with Gasteiger partial charge in [-0.1, -0.05) is 41.4 Å². The highest BCUT2D eigenvalue weighted by atomic mass is 79.9. The lowest BCUT2D eigenvalue weighted by Crippen LogP contribution is -2.35. The molecule has 0 aliphatic carbocycles. The van der Waals surface area contributed by atoms with Crippen molar-refractivity contribution in [2.75, 3.05) is 0 Å². The van der Waals surface area contributed by atoms with Crippen molar-refractivity contribution >= 4 is 15.9 Å². The predicted molar refractivity (Wildman–Crippen MR) is 48.3 cm³/mol. The summed E-state index contributed by atoms with van der Waals surface area (Å²) in [4.78, 5) is 0.494. The van der Waals surface area contributed by atoms with E-state index < -0.39 is 0 Å². The molecular formula is C8H14BrN. The first kappa shape index (κ1) is 8.28. The summed E-state index contributed by atoms with van der Waals surface area (Å²) in [6.07, 6.45) is 8.12. The van der Waals surface area contributed by atoms with Gasteiger partial charge >= 0.3 is 0 Å². The Hall–Kier alpha value is 0.180. The molecule has 58 valence electrons. The van der Waals surface area contributed by atoms with Gasteiger partial charge in [0.1, 0.15) is 0 Å². The fourth-order valence-electron chi connectivity index (χ4n) is 1.21. The van der Waals surface area contributed by atoms with Gasteiger partial charge in [-0.3, -0.25) is 5.32 Å². The molecule has 1 aliphatic heterocycles. The molecular weight excluding hydrogens is 190 g/mol. The van der Waals surface area contributed by atoms with Crippen molar-refractivity contribution in [1.82, 2.24) is 5.32 Å². The van der Waals surface area contributed by atoms with Crippen LogP contribution in [0.4, 0.5) is 0 Å². The molecule has 1 N–H and O–H groups in total. The van der Waals surface area contributed by atoms with Gasteiger partial charge in [-0.05, 0) is 12.8 Å². The molecule has 0 saturated heterocycles. The zero-order valence-electron chi connectivity index (χ0n) is 6.31. The van der Waals surface area contributed by atoms with Crippen LogP contribution in [-0.2, 0) is 0 Å². The number of hydrogen-bond donors (Lipinski definition) is 1. The second kappa shape index (κ2) is 4.14. The van der Waals surface area contributed by atoms with Gasteiger partial charge in [-0.25, -0.2) is 0 Å². The third-order valence-corrected chi connectivity index (χ3v) is 2.34. The van der Waals surface area contributed by atoms with E-state index in [0.717, 1.165) is 6.42 Å². The van der Waals surface area contributed by atoms with Crippen molar-refractivity contribution in [3.05, 3.63) is 12.2 Å². The Morgan fingerprint density at radius 1 is 1.70 bits per heavy atom. The van der Waals surface area contributed by atoms with Crippen LogP contribution >= 0.6 is 15.9 Å². The summed E-state index contributed by atoms with van der Waals surface area (Å²) in [5, 5.41) is 3.45. The summed E-state index contributed by atoms with van der Waals surface area (Å²) in [6, 6.07) is 0.600. The van der Waals surface area contributed by atoms with Crippen molar-refractivity contribution in [2.45, 2.75) is 37.2 Å². The lowest BCUT2D eigenvalue weighted by Gasteiger charge is -2.22. The van der Waals surface area contributed by atoms with Crippen LogP contribution in [0.3, 0.4) is 0 Å². The van der Waals surface area contributed by atoms with Crippen LogP contribution in [0.5, 0.6) is 0 Å². The van der Waals surface area contributed by atoms with Gasteiger partial charge in [0, 0.05) is 6.04 Å². The quantitative estimate of drug-likeness (QED) is 0.413. The van der Waals surface area contributed by atoms with Gasteiger partial charge in [0.2, 0.25) is 0 Å². The first-order valence-corrected chi connectivity index (χ1v) is 4.81. The van der Waals surface area contributed by atoms with Crippen LogP contribution in [0.1, 0.15) is 26.2 Å². The minimum Gasteiger partial charge on any atom is -0.298 e. The molecule has 1 aliphatic rings. The van der Waals surface area contributed by atoms with E-state index in [1.165, 1.54) is 12.8 Å². The first-order valence-electron chi connectivity index (χ1n) is 3.89. The van der Waals surface area contributed by atoms with Gasteiger partial charge < -0.3 is 0 Å². The Kier molecular flexibility index (Phi) is 3.43. The Morgan fingerprint density at radius 3 is 3.10 bits per heavy atom. The molecule has 0 spiro atoms. The first-order chi connectivity index (χ1) is 4.83. The number of nitrogens with one attached hydrogen (secondary N) is 1. The lowest BCUT2D eigenvalue weighted by atomic mass is 10.1. The Labute approximate surface area is 71.0 Å². The Bertz CT molecular complexity index is 122. The van der Waals surface area contributed by atoms with Gasteiger partial charge in [-0.2, -0.15) is 0 Å². The third kappa shape index (κ3) is 2.43. The summed E-state index contributed by atoms with van der Waals surface area (Å²) < 4.78 is 0. The molecule has 0 bridgehead atoms. The largest absolute Gasteiger partial charge is 0.298 e. The molecule has 1 nitrogen and oxygen atoms in total. The maximum absolute atomic E-state index is 3.54. The smallest absolute Gasteiger partial charge is 0.0670 e. The summed E-state index contributed by atoms with van der Waals surface area (Å²) in [5.41, 5.74) is 0. The van der Waals surface area contributed by atoms with Crippen LogP contribution in [0.15, 0.2) is 12.2 Å². The summed E-state index contributed by atoms with van der Waals surface area (Å²) in [6.45, 7) is 2.22. The lowest BCUT2D eigenvalue weighted by molar-refractivity contribution is 0.519. The zero-order valence-corrected chi connectivity index (χ0v) is 7.89. The second-order valence-electron chi connectivity index (χ2n) is 2.69. The molecule has 0 amide bonds. The van der Waals surface area contributed by atoms with E-state index in [-0.39, 0.29) is 0 Å². The van der Waals surface area contributed by atoms with Crippen LogP contribution in [-0.4, -0.2) is 11.0 Å². The summed E-state index contributed by atoms with van der Waals surface area (Å²) >= 11 is 3.54. The van der Waals surface area contributed by atoms with E-state index in [0.29, 0.717) is 11.0 Å². The van der Waals surface area contributed by atoms with Gasteiger partial charge in [0.05, 0.1) is 4.95 Å². The summed E-state index contributed by atoms with van der Waals surface area (Å²) in [5.74, 6) is 0. The molecule has 2 heteroatoms. The highest BCUT2D eigenvalue weighted by Gasteiger charge is 2.11. The van der Waals surface area contributed by atoms with Crippen LogP contribution < -0.4 is 5.32 Å². The van der Waals surface area contributed by atoms with Crippen molar-refractivity contribution in [3.8, 4) is 0 Å². The van der Waals surface area contributed by atoms with Crippen LogP contribution in [0.2, 0.25) is 0 Å². The molecule has 0 aromatic rings. The fourth-order valence-corrected chi connectivity index (χ4v) is 1.76. The topological polar surface area (TPSA) is 12.0 Å². The van der Waals surface area contributed by atoms with Crippen LogP contribution in [0.25, 0.3) is 0 Å². The minimum absolute atomic E-state index is 0.494. The van der Waals surface area contributed by atoms with Gasteiger partial charge in [0.25, 0.3) is 0 Å². The van der Waals surface area contributed by atoms with Gasteiger partial charge in [-0.15, -0.1) is 0 Å². The highest BCUT2D eigenvalue weighted by Crippen LogP contribution is 2.12. The van der Waals surface area contributed by atoms with E-state index in [1.54, 1.807) is 0 Å². The van der Waals surface area contributed by atoms with E-state index in [1.807, 2.05) is 0 Å². The molecule has 1 rings (SSSR count). The van der Waals surface area contributed by atoms with Crippen molar-refractivity contribution < 1.29 is 0 Å². The Balaban J connectivity index is 2.32. The van der Waals surface area contributed by atoms with E-state index in [4.69, 9.17) is 0 Å². The average molecular weight is 204 g/mol. The van der Waals surface area contributed by atoms with Crippen LogP contribution in [0, 0.1) is 0 Å². The van der Waals surface area contributed by atoms with E-state index in [9.17, 15) is 0 Å². The standard InChI is InChI=1S/C8H14BrN/c1-2-4-7-5-3-6-8(9)10-7/h3,5,7-8,10H,2,4,6H2,1H3. The highest BCUT2D eigenvalue weighted by molar-refractivity contribution is 9.09. The average Bonchev–Trinajstić information content (AvgIpc) is 1.88. The summed E-state index contributed by atoms with van der Waals surface area (Å²) in [7, 11) is 0. The van der Waals surface area contributed by atoms with Crippen molar-refractivity contribution in [2.24, 2.45) is 0 Å². The fraction of sp³-hybridized carbons (Fsp3) is 0.750. The van der Waals surface area contributed by atoms with Gasteiger partial charge in [0.15, 0.2) is 0 Å². The molecule has 1 heterocycles. The molecule has 0 saturated carbocycles. The number of rotatable bonds is 2. The maximum atomic E-state index is 3.54. The number of hydrogen-bond acceptors (Lipinski definition) is 1. The minimum atomic E-state index is 0.494.